The molecule has 0 bridgehead atoms. The molecule has 0 aromatic carbocycles. The first-order valence-corrected chi connectivity index (χ1v) is 7.79. The minimum atomic E-state index is -0.608. The third kappa shape index (κ3) is 3.68. The Morgan fingerprint density at radius 1 is 1.41 bits per heavy atom. The highest BCUT2D eigenvalue weighted by molar-refractivity contribution is 7.14. The first-order valence-electron chi connectivity index (χ1n) is 6.97. The van der Waals surface area contributed by atoms with Crippen molar-refractivity contribution in [2.24, 2.45) is 0 Å². The summed E-state index contributed by atoms with van der Waals surface area (Å²) in [7, 11) is 1.25. The molecule has 1 aromatic heterocycles. The van der Waals surface area contributed by atoms with Gasteiger partial charge in [0.15, 0.2) is 4.88 Å². The first kappa shape index (κ1) is 16.5. The van der Waals surface area contributed by atoms with Crippen LogP contribution < -0.4 is 0 Å². The minimum absolute atomic E-state index is 0.0122. The summed E-state index contributed by atoms with van der Waals surface area (Å²) < 4.78 is 9.93. The summed E-state index contributed by atoms with van der Waals surface area (Å²) in [6.45, 7) is 6.48. The van der Waals surface area contributed by atoms with E-state index in [0.717, 1.165) is 11.3 Å². The van der Waals surface area contributed by atoms with Crippen LogP contribution in [0.1, 0.15) is 47.8 Å². The van der Waals surface area contributed by atoms with E-state index < -0.39 is 11.6 Å². The van der Waals surface area contributed by atoms with Gasteiger partial charge >= 0.3 is 12.1 Å². The lowest BCUT2D eigenvalue weighted by molar-refractivity contribution is 0.0292. The standard InChI is InChI=1S/C14H20N2O5S/c1-14(2,3)21-13(19)16-6-5-8(7-16)11-15-10(17)9(22-11)12(18)20-4/h8,17H,5-7H2,1-4H3. The Bertz CT molecular complexity index is 578. The second-order valence-corrected chi connectivity index (χ2v) is 7.14. The molecule has 2 rings (SSSR count). The zero-order valence-electron chi connectivity index (χ0n) is 13.1. The topological polar surface area (TPSA) is 89.0 Å². The second kappa shape index (κ2) is 6.12. The lowest BCUT2D eigenvalue weighted by atomic mass is 10.1. The van der Waals surface area contributed by atoms with Crippen LogP contribution in [-0.2, 0) is 9.47 Å². The second-order valence-electron chi connectivity index (χ2n) is 6.11. The fourth-order valence-corrected chi connectivity index (χ4v) is 3.19. The number of amides is 1. The molecule has 7 nitrogen and oxygen atoms in total. The molecule has 2 heterocycles. The number of hydrogen-bond acceptors (Lipinski definition) is 7. The summed E-state index contributed by atoms with van der Waals surface area (Å²) in [6, 6.07) is 0. The molecule has 8 heteroatoms. The third-order valence-electron chi connectivity index (χ3n) is 3.19. The summed E-state index contributed by atoms with van der Waals surface area (Å²) in [5.74, 6) is -0.937. The van der Waals surface area contributed by atoms with E-state index in [4.69, 9.17) is 4.74 Å². The molecular weight excluding hydrogens is 308 g/mol. The van der Waals surface area contributed by atoms with Gasteiger partial charge in [0.2, 0.25) is 5.88 Å². The minimum Gasteiger partial charge on any atom is -0.492 e. The van der Waals surface area contributed by atoms with E-state index in [-0.39, 0.29) is 22.8 Å². The molecule has 1 aliphatic rings. The number of esters is 1. The van der Waals surface area contributed by atoms with Crippen molar-refractivity contribution in [1.29, 1.82) is 0 Å². The number of aromatic hydroxyl groups is 1. The lowest BCUT2D eigenvalue weighted by Gasteiger charge is -2.24. The number of methoxy groups -OCH3 is 1. The smallest absolute Gasteiger partial charge is 0.410 e. The van der Waals surface area contributed by atoms with Gasteiger partial charge in [0.05, 0.1) is 7.11 Å². The summed E-state index contributed by atoms with van der Waals surface area (Å²) in [5.41, 5.74) is -0.535. The maximum Gasteiger partial charge on any atom is 0.410 e. The van der Waals surface area contributed by atoms with Gasteiger partial charge in [-0.25, -0.2) is 14.6 Å². The highest BCUT2D eigenvalue weighted by Crippen LogP contribution is 2.35. The van der Waals surface area contributed by atoms with Crippen molar-refractivity contribution in [3.63, 3.8) is 0 Å². The van der Waals surface area contributed by atoms with Crippen molar-refractivity contribution < 1.29 is 24.2 Å². The largest absolute Gasteiger partial charge is 0.492 e. The van der Waals surface area contributed by atoms with Gasteiger partial charge in [-0.05, 0) is 27.2 Å². The fraction of sp³-hybridized carbons (Fsp3) is 0.643. The van der Waals surface area contributed by atoms with Crippen LogP contribution in [0.5, 0.6) is 5.88 Å². The number of rotatable bonds is 2. The molecule has 1 fully saturated rings. The Balaban J connectivity index is 2.04. The Labute approximate surface area is 132 Å². The van der Waals surface area contributed by atoms with Crippen LogP contribution in [0.3, 0.4) is 0 Å². The maximum atomic E-state index is 12.0. The molecule has 1 aliphatic heterocycles. The predicted molar refractivity (Wildman–Crippen MR) is 80.3 cm³/mol. The van der Waals surface area contributed by atoms with Gasteiger partial charge in [-0.2, -0.15) is 0 Å². The Hall–Kier alpha value is -1.83. The van der Waals surface area contributed by atoms with Crippen LogP contribution in [0.4, 0.5) is 4.79 Å². The first-order chi connectivity index (χ1) is 10.2. The van der Waals surface area contributed by atoms with E-state index in [0.29, 0.717) is 24.5 Å². The van der Waals surface area contributed by atoms with Crippen molar-refractivity contribution in [1.82, 2.24) is 9.88 Å². The molecular formula is C14H20N2O5S. The van der Waals surface area contributed by atoms with Crippen molar-refractivity contribution in [3.05, 3.63) is 9.88 Å². The van der Waals surface area contributed by atoms with Crippen LogP contribution in [0, 0.1) is 0 Å². The predicted octanol–water partition coefficient (Wildman–Crippen LogP) is 2.36. The monoisotopic (exact) mass is 328 g/mol. The Morgan fingerprint density at radius 2 is 2.09 bits per heavy atom. The van der Waals surface area contributed by atoms with Crippen LogP contribution >= 0.6 is 11.3 Å². The maximum absolute atomic E-state index is 12.0. The number of hydrogen-bond donors (Lipinski definition) is 1. The highest BCUT2D eigenvalue weighted by atomic mass is 32.1. The van der Waals surface area contributed by atoms with E-state index in [1.165, 1.54) is 7.11 Å². The van der Waals surface area contributed by atoms with E-state index in [2.05, 4.69) is 9.72 Å². The molecule has 22 heavy (non-hydrogen) atoms. The summed E-state index contributed by atoms with van der Waals surface area (Å²) in [4.78, 5) is 29.3. The average Bonchev–Trinajstić information content (AvgIpc) is 3.02. The van der Waals surface area contributed by atoms with E-state index >= 15 is 0 Å². The van der Waals surface area contributed by atoms with Gasteiger partial charge < -0.3 is 19.5 Å². The fourth-order valence-electron chi connectivity index (χ4n) is 2.18. The summed E-state index contributed by atoms with van der Waals surface area (Å²) >= 11 is 1.10. The SMILES string of the molecule is COC(=O)c1sc(C2CCN(C(=O)OC(C)(C)C)C2)nc1O. The highest BCUT2D eigenvalue weighted by Gasteiger charge is 2.33. The van der Waals surface area contributed by atoms with Gasteiger partial charge in [-0.1, -0.05) is 0 Å². The van der Waals surface area contributed by atoms with Gasteiger partial charge in [0.25, 0.3) is 0 Å². The molecule has 0 saturated carbocycles. The van der Waals surface area contributed by atoms with Crippen molar-refractivity contribution >= 4 is 23.4 Å². The van der Waals surface area contributed by atoms with E-state index in [1.54, 1.807) is 4.90 Å². The quantitative estimate of drug-likeness (QED) is 0.838. The summed E-state index contributed by atoms with van der Waals surface area (Å²) in [5, 5.41) is 10.3. The zero-order chi connectivity index (χ0) is 16.5. The van der Waals surface area contributed by atoms with Gasteiger partial charge in [-0.3, -0.25) is 0 Å². The molecule has 1 aromatic rings. The van der Waals surface area contributed by atoms with Crippen LogP contribution in [0.2, 0.25) is 0 Å². The van der Waals surface area contributed by atoms with Crippen molar-refractivity contribution in [2.45, 2.75) is 38.7 Å². The number of carbonyl (C=O) groups excluding carboxylic acids is 2. The molecule has 0 spiro atoms. The molecule has 1 amide bonds. The van der Waals surface area contributed by atoms with Gasteiger partial charge in [0, 0.05) is 19.0 Å². The molecule has 0 radical (unpaired) electrons. The van der Waals surface area contributed by atoms with Crippen LogP contribution in [-0.4, -0.2) is 52.9 Å². The van der Waals surface area contributed by atoms with Gasteiger partial charge in [0.1, 0.15) is 10.6 Å². The molecule has 1 N–H and O–H groups in total. The normalized spacial score (nSPS) is 18.4. The number of thiazole rings is 1. The Morgan fingerprint density at radius 3 is 2.68 bits per heavy atom. The van der Waals surface area contributed by atoms with E-state index in [1.807, 2.05) is 20.8 Å². The number of ether oxygens (including phenoxy) is 2. The van der Waals surface area contributed by atoms with Crippen molar-refractivity contribution in [3.8, 4) is 5.88 Å². The van der Waals surface area contributed by atoms with E-state index in [9.17, 15) is 14.7 Å². The molecule has 1 unspecified atom stereocenters. The lowest BCUT2D eigenvalue weighted by Crippen LogP contribution is -2.35. The molecule has 122 valence electrons. The number of nitrogens with zero attached hydrogens (tertiary/aromatic N) is 2. The molecule has 1 atom stereocenters. The number of carbonyl (C=O) groups is 2. The van der Waals surface area contributed by atoms with Gasteiger partial charge in [-0.15, -0.1) is 11.3 Å². The van der Waals surface area contributed by atoms with Crippen molar-refractivity contribution in [2.75, 3.05) is 20.2 Å². The van der Waals surface area contributed by atoms with Crippen LogP contribution in [0.25, 0.3) is 0 Å². The number of aromatic nitrogens is 1. The average molecular weight is 328 g/mol. The number of likely N-dealkylation sites (tertiary alicyclic amines) is 1. The summed E-state index contributed by atoms with van der Waals surface area (Å²) in [6.07, 6.45) is 0.358. The molecule has 1 saturated heterocycles. The zero-order valence-corrected chi connectivity index (χ0v) is 13.9. The van der Waals surface area contributed by atoms with Crippen LogP contribution in [0.15, 0.2) is 0 Å². The Kier molecular flexibility index (Phi) is 4.60. The third-order valence-corrected chi connectivity index (χ3v) is 4.37. The molecule has 0 aliphatic carbocycles.